The molecule has 2 fully saturated rings. The van der Waals surface area contributed by atoms with Crippen LogP contribution in [-0.2, 0) is 9.53 Å². The summed E-state index contributed by atoms with van der Waals surface area (Å²) in [6.07, 6.45) is 4.97. The van der Waals surface area contributed by atoms with Crippen molar-refractivity contribution in [3.8, 4) is 5.75 Å². The molecule has 2 aromatic carbocycles. The maximum atomic E-state index is 14.3. The van der Waals surface area contributed by atoms with Crippen molar-refractivity contribution in [2.24, 2.45) is 0 Å². The number of aliphatic hydroxyl groups is 1. The molecule has 0 bridgehead atoms. The standard InChI is InChI=1S/C26H24FNO4S/c1-31-22-4-2-3-5-23(22)33-26-19(10-9-18-13-17(29)14-24(30)32-18)25(15-6-7-15)28-21-11-8-16(27)12-20(21)26/h2-5,8-12,15,17-18,29H,6-7,13-14H2,1H3/b10-9+/t17-,18-/m1/s1. The van der Waals surface area contributed by atoms with Gasteiger partial charge in [0.2, 0.25) is 0 Å². The summed E-state index contributed by atoms with van der Waals surface area (Å²) in [5, 5.41) is 10.7. The van der Waals surface area contributed by atoms with Gasteiger partial charge >= 0.3 is 5.97 Å². The molecule has 0 unspecified atom stereocenters. The number of nitrogens with zero attached hydrogens (tertiary/aromatic N) is 1. The lowest BCUT2D eigenvalue weighted by atomic mass is 10.0. The van der Waals surface area contributed by atoms with Crippen LogP contribution in [0.25, 0.3) is 17.0 Å². The van der Waals surface area contributed by atoms with Gasteiger partial charge in [-0.2, -0.15) is 0 Å². The molecule has 0 radical (unpaired) electrons. The highest BCUT2D eigenvalue weighted by Gasteiger charge is 2.30. The number of hydrogen-bond donors (Lipinski definition) is 1. The molecule has 2 aliphatic rings. The zero-order valence-corrected chi connectivity index (χ0v) is 19.0. The van der Waals surface area contributed by atoms with E-state index in [2.05, 4.69) is 0 Å². The molecule has 0 spiro atoms. The van der Waals surface area contributed by atoms with Crippen LogP contribution in [-0.4, -0.2) is 35.4 Å². The van der Waals surface area contributed by atoms with Crippen LogP contribution in [0.5, 0.6) is 5.75 Å². The summed E-state index contributed by atoms with van der Waals surface area (Å²) in [6, 6.07) is 12.4. The van der Waals surface area contributed by atoms with Gasteiger partial charge in [0.25, 0.3) is 0 Å². The fourth-order valence-electron chi connectivity index (χ4n) is 4.12. The van der Waals surface area contributed by atoms with Crippen molar-refractivity contribution in [2.45, 2.75) is 53.6 Å². The number of cyclic esters (lactones) is 1. The SMILES string of the molecule is COc1ccccc1Sc1c(/C=C/[C@@H]2C[C@@H](O)CC(=O)O2)c(C2CC2)nc2ccc(F)cc12. The number of methoxy groups -OCH3 is 1. The molecule has 33 heavy (non-hydrogen) atoms. The summed E-state index contributed by atoms with van der Waals surface area (Å²) in [6.45, 7) is 0. The number of halogens is 1. The predicted octanol–water partition coefficient (Wildman–Crippen LogP) is 5.49. The Labute approximate surface area is 195 Å². The monoisotopic (exact) mass is 465 g/mol. The summed E-state index contributed by atoms with van der Waals surface area (Å²) < 4.78 is 25.3. The van der Waals surface area contributed by atoms with E-state index in [4.69, 9.17) is 14.5 Å². The van der Waals surface area contributed by atoms with E-state index in [1.54, 1.807) is 19.3 Å². The molecule has 1 aromatic heterocycles. The van der Waals surface area contributed by atoms with Gasteiger partial charge in [0, 0.05) is 28.2 Å². The fourth-order valence-corrected chi connectivity index (χ4v) is 5.30. The number of para-hydroxylation sites is 1. The van der Waals surface area contributed by atoms with E-state index in [1.807, 2.05) is 30.3 Å². The molecular weight excluding hydrogens is 441 g/mol. The average molecular weight is 466 g/mol. The van der Waals surface area contributed by atoms with Crippen molar-refractivity contribution in [3.63, 3.8) is 0 Å². The lowest BCUT2D eigenvalue weighted by Crippen LogP contribution is -2.31. The third-order valence-corrected chi connectivity index (χ3v) is 7.08. The minimum absolute atomic E-state index is 0.0172. The van der Waals surface area contributed by atoms with Crippen molar-refractivity contribution in [2.75, 3.05) is 7.11 Å². The molecule has 5 nitrogen and oxygen atoms in total. The number of aliphatic hydroxyl groups excluding tert-OH is 1. The molecule has 1 saturated carbocycles. The van der Waals surface area contributed by atoms with Crippen molar-refractivity contribution in [1.82, 2.24) is 4.98 Å². The number of ether oxygens (including phenoxy) is 2. The third-order valence-electron chi connectivity index (χ3n) is 5.88. The Kier molecular flexibility index (Phi) is 6.08. The van der Waals surface area contributed by atoms with Gasteiger partial charge in [0.05, 0.1) is 35.7 Å². The first-order chi connectivity index (χ1) is 16.0. The number of rotatable bonds is 6. The van der Waals surface area contributed by atoms with E-state index < -0.39 is 18.2 Å². The van der Waals surface area contributed by atoms with E-state index in [0.717, 1.165) is 50.5 Å². The van der Waals surface area contributed by atoms with Crippen molar-refractivity contribution in [3.05, 3.63) is 65.6 Å². The molecule has 3 aromatic rings. The van der Waals surface area contributed by atoms with Gasteiger partial charge in [-0.05, 0) is 49.2 Å². The molecule has 7 heteroatoms. The quantitative estimate of drug-likeness (QED) is 0.486. The Balaban J connectivity index is 1.65. The molecule has 5 rings (SSSR count). The van der Waals surface area contributed by atoms with Gasteiger partial charge in [-0.3, -0.25) is 9.78 Å². The van der Waals surface area contributed by atoms with Crippen LogP contribution < -0.4 is 4.74 Å². The van der Waals surface area contributed by atoms with E-state index in [0.29, 0.717) is 12.3 Å². The number of benzene rings is 2. The minimum Gasteiger partial charge on any atom is -0.496 e. The van der Waals surface area contributed by atoms with Gasteiger partial charge in [-0.25, -0.2) is 4.39 Å². The maximum absolute atomic E-state index is 14.3. The van der Waals surface area contributed by atoms with Crippen molar-refractivity contribution in [1.29, 1.82) is 0 Å². The molecule has 170 valence electrons. The van der Waals surface area contributed by atoms with Crippen LogP contribution in [0, 0.1) is 5.82 Å². The van der Waals surface area contributed by atoms with E-state index in [1.165, 1.54) is 23.9 Å². The molecule has 1 N–H and O–H groups in total. The van der Waals surface area contributed by atoms with Crippen LogP contribution in [0.4, 0.5) is 4.39 Å². The second-order valence-electron chi connectivity index (χ2n) is 8.41. The highest BCUT2D eigenvalue weighted by atomic mass is 32.2. The van der Waals surface area contributed by atoms with Crippen molar-refractivity contribution < 1.29 is 23.8 Å². The average Bonchev–Trinajstić information content (AvgIpc) is 3.63. The highest BCUT2D eigenvalue weighted by molar-refractivity contribution is 7.99. The molecule has 2 heterocycles. The number of fused-ring (bicyclic) bond motifs is 1. The predicted molar refractivity (Wildman–Crippen MR) is 125 cm³/mol. The maximum Gasteiger partial charge on any atom is 0.309 e. The zero-order chi connectivity index (χ0) is 22.9. The topological polar surface area (TPSA) is 68.7 Å². The largest absolute Gasteiger partial charge is 0.496 e. The summed E-state index contributed by atoms with van der Waals surface area (Å²) >= 11 is 1.51. The van der Waals surface area contributed by atoms with Gasteiger partial charge in [-0.15, -0.1) is 0 Å². The number of hydrogen-bond acceptors (Lipinski definition) is 6. The Morgan fingerprint density at radius 1 is 1.24 bits per heavy atom. The van der Waals surface area contributed by atoms with E-state index in [9.17, 15) is 14.3 Å². The number of pyridine rings is 1. The van der Waals surface area contributed by atoms with E-state index in [-0.39, 0.29) is 12.2 Å². The van der Waals surface area contributed by atoms with Crippen LogP contribution in [0.2, 0.25) is 0 Å². The minimum atomic E-state index is -0.713. The second kappa shape index (κ2) is 9.15. The number of carbonyl (C=O) groups excluding carboxylic acids is 1. The van der Waals surface area contributed by atoms with E-state index >= 15 is 0 Å². The van der Waals surface area contributed by atoms with Gasteiger partial charge < -0.3 is 14.6 Å². The lowest BCUT2D eigenvalue weighted by Gasteiger charge is -2.23. The Morgan fingerprint density at radius 3 is 2.82 bits per heavy atom. The number of carbonyl (C=O) groups is 1. The molecule has 1 aliphatic carbocycles. The smallest absolute Gasteiger partial charge is 0.309 e. The number of aromatic nitrogens is 1. The first-order valence-corrected chi connectivity index (χ1v) is 11.8. The number of esters is 1. The van der Waals surface area contributed by atoms with Crippen molar-refractivity contribution >= 4 is 34.7 Å². The Morgan fingerprint density at radius 2 is 2.06 bits per heavy atom. The van der Waals surface area contributed by atoms with Crippen LogP contribution in [0.15, 0.2) is 58.3 Å². The van der Waals surface area contributed by atoms with Crippen LogP contribution >= 0.6 is 11.8 Å². The summed E-state index contributed by atoms with van der Waals surface area (Å²) in [5.74, 6) is 0.337. The summed E-state index contributed by atoms with van der Waals surface area (Å²) in [4.78, 5) is 18.5. The van der Waals surface area contributed by atoms with Crippen LogP contribution in [0.3, 0.4) is 0 Å². The molecule has 2 atom stereocenters. The Hall–Kier alpha value is -2.90. The zero-order valence-electron chi connectivity index (χ0n) is 18.2. The first-order valence-electron chi connectivity index (χ1n) is 11.0. The van der Waals surface area contributed by atoms with Gasteiger partial charge in [-0.1, -0.05) is 30.0 Å². The molecular formula is C26H24FNO4S. The fraction of sp³-hybridized carbons (Fsp3) is 0.308. The molecule has 0 amide bonds. The van der Waals surface area contributed by atoms with Crippen LogP contribution in [0.1, 0.15) is 42.9 Å². The second-order valence-corrected chi connectivity index (χ2v) is 9.46. The summed E-state index contributed by atoms with van der Waals surface area (Å²) in [7, 11) is 1.63. The molecule has 1 aliphatic heterocycles. The lowest BCUT2D eigenvalue weighted by molar-refractivity contribution is -0.156. The Bertz CT molecular complexity index is 1240. The first kappa shape index (κ1) is 21.9. The summed E-state index contributed by atoms with van der Waals surface area (Å²) in [5.41, 5.74) is 2.60. The third kappa shape index (κ3) is 4.75. The normalized spacial score (nSPS) is 20.9. The highest BCUT2D eigenvalue weighted by Crippen LogP contribution is 2.47. The van der Waals surface area contributed by atoms with Gasteiger partial charge in [0.1, 0.15) is 17.7 Å². The van der Waals surface area contributed by atoms with Gasteiger partial charge in [0.15, 0.2) is 0 Å². The molecule has 1 saturated heterocycles.